The number of rotatable bonds is 2. The topological polar surface area (TPSA) is 65.2 Å². The molecule has 6 heteroatoms. The summed E-state index contributed by atoms with van der Waals surface area (Å²) in [4.78, 5) is 28.4. The second-order valence-electron chi connectivity index (χ2n) is 5.13. The molecule has 0 aliphatic carbocycles. The number of aromatic amines is 1. The van der Waals surface area contributed by atoms with E-state index in [2.05, 4.69) is 10.3 Å². The first kappa shape index (κ1) is 14.5. The van der Waals surface area contributed by atoms with Gasteiger partial charge in [0, 0.05) is 31.0 Å². The largest absolute Gasteiger partial charge is 0.352 e. The van der Waals surface area contributed by atoms with E-state index in [1.54, 1.807) is 36.2 Å². The summed E-state index contributed by atoms with van der Waals surface area (Å²) in [5.74, 6) is -0.214. The zero-order valence-electron chi connectivity index (χ0n) is 12.1. The van der Waals surface area contributed by atoms with Gasteiger partial charge in [-0.05, 0) is 42.3 Å². The summed E-state index contributed by atoms with van der Waals surface area (Å²) in [5.41, 5.74) is 3.12. The molecule has 22 heavy (non-hydrogen) atoms. The third-order valence-corrected chi connectivity index (χ3v) is 4.01. The molecule has 5 nitrogen and oxygen atoms in total. The Hall–Kier alpha value is -2.47. The summed E-state index contributed by atoms with van der Waals surface area (Å²) in [7, 11) is 0. The van der Waals surface area contributed by atoms with E-state index < -0.39 is 0 Å². The van der Waals surface area contributed by atoms with Crippen molar-refractivity contribution >= 4 is 35.4 Å². The lowest BCUT2D eigenvalue weighted by molar-refractivity contribution is -0.116. The highest BCUT2D eigenvalue weighted by atomic mass is 32.1. The number of hydrogen-bond acceptors (Lipinski definition) is 3. The maximum absolute atomic E-state index is 12.2. The van der Waals surface area contributed by atoms with Crippen LogP contribution in [0, 0.1) is 4.64 Å². The molecule has 2 heterocycles. The van der Waals surface area contributed by atoms with Gasteiger partial charge >= 0.3 is 0 Å². The van der Waals surface area contributed by atoms with E-state index in [1.165, 1.54) is 0 Å². The second kappa shape index (κ2) is 5.73. The minimum atomic E-state index is -0.247. The van der Waals surface area contributed by atoms with Gasteiger partial charge in [0.25, 0.3) is 5.91 Å². The van der Waals surface area contributed by atoms with Gasteiger partial charge in [-0.3, -0.25) is 9.59 Å². The maximum atomic E-state index is 12.2. The van der Waals surface area contributed by atoms with Crippen LogP contribution in [-0.4, -0.2) is 23.3 Å². The Kier molecular flexibility index (Phi) is 3.77. The van der Waals surface area contributed by atoms with Crippen molar-refractivity contribution in [3.63, 3.8) is 0 Å². The van der Waals surface area contributed by atoms with Crippen molar-refractivity contribution in [3.05, 3.63) is 52.3 Å². The molecule has 3 rings (SSSR count). The van der Waals surface area contributed by atoms with Gasteiger partial charge < -0.3 is 15.2 Å². The molecular formula is C16H15N3O2S. The minimum Gasteiger partial charge on any atom is -0.352 e. The fourth-order valence-corrected chi connectivity index (χ4v) is 2.83. The fourth-order valence-electron chi connectivity index (χ4n) is 2.61. The lowest BCUT2D eigenvalue weighted by atomic mass is 10.1. The Morgan fingerprint density at radius 2 is 2.14 bits per heavy atom. The van der Waals surface area contributed by atoms with Crippen molar-refractivity contribution in [2.45, 2.75) is 13.3 Å². The van der Waals surface area contributed by atoms with Gasteiger partial charge in [-0.25, -0.2) is 0 Å². The third kappa shape index (κ3) is 2.65. The second-order valence-corrected chi connectivity index (χ2v) is 5.54. The number of carbonyl (C=O) groups is 2. The van der Waals surface area contributed by atoms with Crippen LogP contribution in [0.4, 0.5) is 11.4 Å². The van der Waals surface area contributed by atoms with Gasteiger partial charge in [0.05, 0.1) is 5.56 Å². The van der Waals surface area contributed by atoms with Crippen LogP contribution in [0.3, 0.4) is 0 Å². The predicted octanol–water partition coefficient (Wildman–Crippen LogP) is 2.91. The summed E-state index contributed by atoms with van der Waals surface area (Å²) in [6.07, 6.45) is 2.48. The van der Waals surface area contributed by atoms with Gasteiger partial charge in [0.15, 0.2) is 0 Å². The van der Waals surface area contributed by atoms with E-state index in [0.717, 1.165) is 17.7 Å². The molecule has 0 fully saturated rings. The van der Waals surface area contributed by atoms with Gasteiger partial charge in [0.2, 0.25) is 5.91 Å². The summed E-state index contributed by atoms with van der Waals surface area (Å²) in [6.45, 7) is 2.24. The van der Waals surface area contributed by atoms with Crippen LogP contribution in [0.1, 0.15) is 22.8 Å². The van der Waals surface area contributed by atoms with Crippen LogP contribution in [0.2, 0.25) is 0 Å². The number of benzene rings is 1. The summed E-state index contributed by atoms with van der Waals surface area (Å²) < 4.78 is 0.406. The number of amides is 2. The fraction of sp³-hybridized carbons (Fsp3) is 0.188. The summed E-state index contributed by atoms with van der Waals surface area (Å²) in [5, 5.41) is 2.84. The molecule has 2 N–H and O–H groups in total. The molecule has 1 aliphatic rings. The highest BCUT2D eigenvalue weighted by Gasteiger charge is 2.22. The Morgan fingerprint density at radius 3 is 2.86 bits per heavy atom. The van der Waals surface area contributed by atoms with Gasteiger partial charge in [-0.1, -0.05) is 12.2 Å². The molecule has 0 radical (unpaired) electrons. The van der Waals surface area contributed by atoms with Crippen LogP contribution >= 0.6 is 12.2 Å². The van der Waals surface area contributed by atoms with E-state index in [9.17, 15) is 9.59 Å². The molecule has 1 aromatic carbocycles. The van der Waals surface area contributed by atoms with Gasteiger partial charge in [-0.2, -0.15) is 0 Å². The van der Waals surface area contributed by atoms with Gasteiger partial charge in [-0.15, -0.1) is 0 Å². The summed E-state index contributed by atoms with van der Waals surface area (Å²) >= 11 is 5.11. The molecule has 0 spiro atoms. The highest BCUT2D eigenvalue weighted by Crippen LogP contribution is 2.30. The van der Waals surface area contributed by atoms with Crippen LogP contribution in [0.25, 0.3) is 0 Å². The average molecular weight is 313 g/mol. The standard InChI is InChI=1S/C16H15N3O2S/c1-10(20)19-8-6-11-9-12(4-5-14(11)19)18-15(21)13-3-2-7-17-16(13)22/h2-5,7,9H,6,8H2,1H3,(H,17,22)(H,18,21). The number of nitrogens with zero attached hydrogens (tertiary/aromatic N) is 1. The Morgan fingerprint density at radius 1 is 1.32 bits per heavy atom. The number of carbonyl (C=O) groups excluding carboxylic acids is 2. The first-order chi connectivity index (χ1) is 10.6. The van der Waals surface area contributed by atoms with E-state index in [1.807, 2.05) is 12.1 Å². The zero-order valence-corrected chi connectivity index (χ0v) is 12.9. The molecule has 0 atom stereocenters. The van der Waals surface area contributed by atoms with Crippen molar-refractivity contribution in [1.29, 1.82) is 0 Å². The molecule has 2 aromatic rings. The number of nitrogens with one attached hydrogen (secondary N) is 2. The molecule has 112 valence electrons. The van der Waals surface area contributed by atoms with Crippen molar-refractivity contribution in [2.75, 3.05) is 16.8 Å². The normalized spacial score (nSPS) is 12.9. The highest BCUT2D eigenvalue weighted by molar-refractivity contribution is 7.71. The predicted molar refractivity (Wildman–Crippen MR) is 87.8 cm³/mol. The van der Waals surface area contributed by atoms with Crippen molar-refractivity contribution < 1.29 is 9.59 Å². The number of H-pyrrole nitrogens is 1. The van der Waals surface area contributed by atoms with Crippen LogP contribution < -0.4 is 10.2 Å². The molecule has 0 saturated heterocycles. The monoisotopic (exact) mass is 313 g/mol. The Bertz CT molecular complexity index is 813. The van der Waals surface area contributed by atoms with E-state index in [-0.39, 0.29) is 11.8 Å². The number of fused-ring (bicyclic) bond motifs is 1. The first-order valence-corrected chi connectivity index (χ1v) is 7.37. The number of hydrogen-bond donors (Lipinski definition) is 2. The quantitative estimate of drug-likeness (QED) is 0.838. The summed E-state index contributed by atoms with van der Waals surface area (Å²) in [6, 6.07) is 8.99. The van der Waals surface area contributed by atoms with Crippen molar-refractivity contribution in [2.24, 2.45) is 0 Å². The zero-order chi connectivity index (χ0) is 15.7. The van der Waals surface area contributed by atoms with Crippen LogP contribution in [0.15, 0.2) is 36.5 Å². The lowest BCUT2D eigenvalue weighted by Crippen LogP contribution is -2.25. The molecule has 2 amide bonds. The average Bonchev–Trinajstić information content (AvgIpc) is 2.91. The van der Waals surface area contributed by atoms with E-state index in [4.69, 9.17) is 12.2 Å². The first-order valence-electron chi connectivity index (χ1n) is 6.96. The molecule has 1 aliphatic heterocycles. The third-order valence-electron chi connectivity index (χ3n) is 3.68. The maximum Gasteiger partial charge on any atom is 0.258 e. The number of anilines is 2. The molecule has 1 aromatic heterocycles. The lowest BCUT2D eigenvalue weighted by Gasteiger charge is -2.15. The number of pyridine rings is 1. The van der Waals surface area contributed by atoms with E-state index in [0.29, 0.717) is 22.4 Å². The van der Waals surface area contributed by atoms with Crippen LogP contribution in [-0.2, 0) is 11.2 Å². The molecule has 0 saturated carbocycles. The smallest absolute Gasteiger partial charge is 0.258 e. The Balaban J connectivity index is 1.83. The minimum absolute atomic E-state index is 0.0334. The SMILES string of the molecule is CC(=O)N1CCc2cc(NC(=O)c3ccc[nH]c3=S)ccc21. The van der Waals surface area contributed by atoms with E-state index >= 15 is 0 Å². The van der Waals surface area contributed by atoms with Gasteiger partial charge in [0.1, 0.15) is 4.64 Å². The Labute approximate surface area is 133 Å². The molecular weight excluding hydrogens is 298 g/mol. The number of aromatic nitrogens is 1. The van der Waals surface area contributed by atoms with Crippen LogP contribution in [0.5, 0.6) is 0 Å². The molecule has 0 bridgehead atoms. The molecule has 0 unspecified atom stereocenters. The van der Waals surface area contributed by atoms with Crippen molar-refractivity contribution in [3.8, 4) is 0 Å². The van der Waals surface area contributed by atoms with Crippen molar-refractivity contribution in [1.82, 2.24) is 4.98 Å².